The number of aromatic nitrogens is 1. The molecular weight excluding hydrogens is 262 g/mol. The Morgan fingerprint density at radius 1 is 0.952 bits per heavy atom. The molecule has 3 aromatic rings. The number of para-hydroxylation sites is 1. The predicted octanol–water partition coefficient (Wildman–Crippen LogP) is 4.02. The van der Waals surface area contributed by atoms with Crippen molar-refractivity contribution in [3.05, 3.63) is 59.8 Å². The molecule has 0 aliphatic heterocycles. The molecule has 0 saturated heterocycles. The van der Waals surface area contributed by atoms with Crippen LogP contribution in [0.2, 0.25) is 0 Å². The zero-order valence-corrected chi connectivity index (χ0v) is 12.6. The maximum absolute atomic E-state index is 5.34. The van der Waals surface area contributed by atoms with Crippen molar-refractivity contribution in [2.45, 2.75) is 13.5 Å². The van der Waals surface area contributed by atoms with Gasteiger partial charge in [0.2, 0.25) is 0 Å². The highest BCUT2D eigenvalue weighted by Crippen LogP contribution is 2.25. The van der Waals surface area contributed by atoms with Crippen molar-refractivity contribution in [3.8, 4) is 11.5 Å². The van der Waals surface area contributed by atoms with Crippen LogP contribution in [-0.4, -0.2) is 18.8 Å². The first-order valence-corrected chi connectivity index (χ1v) is 6.97. The van der Waals surface area contributed by atoms with Crippen molar-refractivity contribution in [1.29, 1.82) is 0 Å². The van der Waals surface area contributed by atoms with E-state index in [1.807, 2.05) is 18.2 Å². The Morgan fingerprint density at radius 3 is 2.29 bits per heavy atom. The van der Waals surface area contributed by atoms with Gasteiger partial charge in [0.15, 0.2) is 0 Å². The summed E-state index contributed by atoms with van der Waals surface area (Å²) in [6.45, 7) is 2.94. The van der Waals surface area contributed by atoms with Crippen LogP contribution in [0.5, 0.6) is 11.5 Å². The third-order valence-electron chi connectivity index (χ3n) is 3.75. The van der Waals surface area contributed by atoms with Crippen molar-refractivity contribution in [1.82, 2.24) is 4.57 Å². The maximum Gasteiger partial charge on any atom is 0.122 e. The van der Waals surface area contributed by atoms with E-state index in [4.69, 9.17) is 9.47 Å². The summed E-state index contributed by atoms with van der Waals surface area (Å²) >= 11 is 0. The minimum Gasteiger partial charge on any atom is -0.497 e. The molecular formula is C18H19NO2. The van der Waals surface area contributed by atoms with E-state index in [1.54, 1.807) is 14.2 Å². The largest absolute Gasteiger partial charge is 0.497 e. The molecule has 21 heavy (non-hydrogen) atoms. The van der Waals surface area contributed by atoms with E-state index in [9.17, 15) is 0 Å². The van der Waals surface area contributed by atoms with Gasteiger partial charge in [0.1, 0.15) is 11.5 Å². The fraction of sp³-hybridized carbons (Fsp3) is 0.222. The number of aryl methyl sites for hydroxylation is 1. The minimum atomic E-state index is 0.794. The van der Waals surface area contributed by atoms with Crippen LogP contribution < -0.4 is 9.47 Å². The van der Waals surface area contributed by atoms with Gasteiger partial charge < -0.3 is 14.0 Å². The Kier molecular flexibility index (Phi) is 3.57. The minimum absolute atomic E-state index is 0.794. The monoisotopic (exact) mass is 281 g/mol. The van der Waals surface area contributed by atoms with Crippen molar-refractivity contribution < 1.29 is 9.47 Å². The van der Waals surface area contributed by atoms with Crippen LogP contribution in [0.4, 0.5) is 0 Å². The van der Waals surface area contributed by atoms with E-state index < -0.39 is 0 Å². The van der Waals surface area contributed by atoms with Gasteiger partial charge in [-0.15, -0.1) is 0 Å². The van der Waals surface area contributed by atoms with Crippen molar-refractivity contribution >= 4 is 10.9 Å². The van der Waals surface area contributed by atoms with Crippen molar-refractivity contribution in [2.24, 2.45) is 0 Å². The summed E-state index contributed by atoms with van der Waals surface area (Å²) in [4.78, 5) is 0. The first-order chi connectivity index (χ1) is 10.2. The molecule has 3 nitrogen and oxygen atoms in total. The van der Waals surface area contributed by atoms with Crippen LogP contribution in [0.15, 0.2) is 48.7 Å². The Hall–Kier alpha value is -2.42. The lowest BCUT2D eigenvalue weighted by Gasteiger charge is -2.10. The lowest BCUT2D eigenvalue weighted by Crippen LogP contribution is -1.99. The quantitative estimate of drug-likeness (QED) is 0.721. The molecule has 0 bridgehead atoms. The third-order valence-corrected chi connectivity index (χ3v) is 3.75. The van der Waals surface area contributed by atoms with E-state index in [0.717, 1.165) is 23.6 Å². The first kappa shape index (κ1) is 13.6. The number of ether oxygens (including phenoxy) is 2. The first-order valence-electron chi connectivity index (χ1n) is 6.97. The summed E-state index contributed by atoms with van der Waals surface area (Å²) in [5.41, 5.74) is 3.70. The maximum atomic E-state index is 5.34. The predicted molar refractivity (Wildman–Crippen MR) is 85.3 cm³/mol. The summed E-state index contributed by atoms with van der Waals surface area (Å²) < 4.78 is 12.9. The molecule has 3 heteroatoms. The van der Waals surface area contributed by atoms with E-state index in [1.165, 1.54) is 16.5 Å². The average Bonchev–Trinajstić information content (AvgIpc) is 2.83. The number of rotatable bonds is 4. The Bertz CT molecular complexity index is 752. The van der Waals surface area contributed by atoms with Gasteiger partial charge in [0.05, 0.1) is 14.2 Å². The van der Waals surface area contributed by atoms with Crippen LogP contribution in [0.25, 0.3) is 10.9 Å². The van der Waals surface area contributed by atoms with E-state index >= 15 is 0 Å². The second kappa shape index (κ2) is 5.52. The van der Waals surface area contributed by atoms with Crippen molar-refractivity contribution in [3.63, 3.8) is 0 Å². The number of hydrogen-bond acceptors (Lipinski definition) is 2. The number of fused-ring (bicyclic) bond motifs is 1. The molecule has 2 aromatic carbocycles. The average molecular weight is 281 g/mol. The lowest BCUT2D eigenvalue weighted by molar-refractivity contribution is 0.393. The molecule has 3 rings (SSSR count). The fourth-order valence-electron chi connectivity index (χ4n) is 2.72. The summed E-state index contributed by atoms with van der Waals surface area (Å²) in [6, 6.07) is 14.5. The summed E-state index contributed by atoms with van der Waals surface area (Å²) in [6.07, 6.45) is 2.19. The molecule has 0 N–H and O–H groups in total. The molecule has 108 valence electrons. The molecule has 0 fully saturated rings. The molecule has 0 saturated carbocycles. The number of nitrogens with zero attached hydrogens (tertiary/aromatic N) is 1. The van der Waals surface area contributed by atoms with Gasteiger partial charge in [-0.3, -0.25) is 0 Å². The lowest BCUT2D eigenvalue weighted by atomic mass is 10.2. The summed E-state index contributed by atoms with van der Waals surface area (Å²) in [7, 11) is 3.35. The van der Waals surface area contributed by atoms with Crippen LogP contribution in [0.3, 0.4) is 0 Å². The van der Waals surface area contributed by atoms with Gasteiger partial charge in [0, 0.05) is 29.7 Å². The molecule has 0 unspecified atom stereocenters. The smallest absolute Gasteiger partial charge is 0.122 e. The Morgan fingerprint density at radius 2 is 1.62 bits per heavy atom. The topological polar surface area (TPSA) is 23.4 Å². The summed E-state index contributed by atoms with van der Waals surface area (Å²) in [5.74, 6) is 1.63. The van der Waals surface area contributed by atoms with Gasteiger partial charge in [-0.05, 0) is 36.2 Å². The number of benzene rings is 2. The summed E-state index contributed by atoms with van der Waals surface area (Å²) in [5, 5.41) is 1.30. The normalized spacial score (nSPS) is 10.8. The van der Waals surface area contributed by atoms with Crippen LogP contribution in [0, 0.1) is 6.92 Å². The highest BCUT2D eigenvalue weighted by atomic mass is 16.5. The Balaban J connectivity index is 2.02. The second-order valence-corrected chi connectivity index (χ2v) is 5.18. The van der Waals surface area contributed by atoms with Gasteiger partial charge in [-0.25, -0.2) is 0 Å². The standard InChI is InChI=1S/C18H19NO2/c1-13-11-19(18-7-5-4-6-17(13)18)12-14-8-15(20-2)10-16(9-14)21-3/h4-11H,12H2,1-3H3. The van der Waals surface area contributed by atoms with Crippen LogP contribution in [-0.2, 0) is 6.54 Å². The van der Waals surface area contributed by atoms with E-state index in [0.29, 0.717) is 0 Å². The van der Waals surface area contributed by atoms with E-state index in [2.05, 4.69) is 42.0 Å². The SMILES string of the molecule is COc1cc(Cn2cc(C)c3ccccc32)cc(OC)c1. The van der Waals surface area contributed by atoms with E-state index in [-0.39, 0.29) is 0 Å². The molecule has 0 radical (unpaired) electrons. The zero-order chi connectivity index (χ0) is 14.8. The molecule has 0 spiro atoms. The Labute approximate surface area is 124 Å². The molecule has 0 amide bonds. The molecule has 1 heterocycles. The van der Waals surface area contributed by atoms with Gasteiger partial charge in [-0.1, -0.05) is 18.2 Å². The van der Waals surface area contributed by atoms with Crippen molar-refractivity contribution in [2.75, 3.05) is 14.2 Å². The number of methoxy groups -OCH3 is 2. The van der Waals surface area contributed by atoms with Gasteiger partial charge in [-0.2, -0.15) is 0 Å². The highest BCUT2D eigenvalue weighted by Gasteiger charge is 2.07. The van der Waals surface area contributed by atoms with Crippen LogP contribution >= 0.6 is 0 Å². The number of hydrogen-bond donors (Lipinski definition) is 0. The van der Waals surface area contributed by atoms with Gasteiger partial charge >= 0.3 is 0 Å². The molecule has 0 atom stereocenters. The van der Waals surface area contributed by atoms with Gasteiger partial charge in [0.25, 0.3) is 0 Å². The van der Waals surface area contributed by atoms with Crippen LogP contribution in [0.1, 0.15) is 11.1 Å². The third kappa shape index (κ3) is 2.59. The molecule has 0 aliphatic rings. The molecule has 0 aliphatic carbocycles. The zero-order valence-electron chi connectivity index (χ0n) is 12.6. The highest BCUT2D eigenvalue weighted by molar-refractivity contribution is 5.83. The second-order valence-electron chi connectivity index (χ2n) is 5.18. The molecule has 1 aromatic heterocycles. The fourth-order valence-corrected chi connectivity index (χ4v) is 2.72.